The lowest BCUT2D eigenvalue weighted by atomic mass is 9.84. The molecule has 0 aliphatic rings. The van der Waals surface area contributed by atoms with Crippen LogP contribution in [0.25, 0.3) is 0 Å². The van der Waals surface area contributed by atoms with Crippen LogP contribution in [0.4, 0.5) is 0 Å². The van der Waals surface area contributed by atoms with Crippen LogP contribution in [0.3, 0.4) is 0 Å². The van der Waals surface area contributed by atoms with Crippen LogP contribution in [-0.2, 0) is 24.1 Å². The second-order valence-electron chi connectivity index (χ2n) is 12.3. The topological polar surface area (TPSA) is 82.0 Å². The van der Waals surface area contributed by atoms with E-state index >= 15 is 0 Å². The van der Waals surface area contributed by atoms with Crippen LogP contribution in [0.5, 0.6) is 17.2 Å². The summed E-state index contributed by atoms with van der Waals surface area (Å²) in [5, 5.41) is 23.9. The van der Waals surface area contributed by atoms with Gasteiger partial charge in [0, 0.05) is 36.5 Å². The van der Waals surface area contributed by atoms with E-state index in [2.05, 4.69) is 68.2 Å². The van der Waals surface area contributed by atoms with Crippen LogP contribution < -0.4 is 10.1 Å². The summed E-state index contributed by atoms with van der Waals surface area (Å²) in [5.74, 6) is 1.08. The predicted octanol–water partition coefficient (Wildman–Crippen LogP) is 7.91. The average molecular weight is 643 g/mol. The number of carbonyl (C=O) groups is 1. The number of aromatic hydroxyl groups is 2. The molecule has 0 saturated carbocycles. The maximum Gasteiger partial charge on any atom is 0.224 e. The lowest BCUT2D eigenvalue weighted by Crippen LogP contribution is -2.38. The number of carbonyl (C=O) groups excluding carboxylic acids is 1. The highest BCUT2D eigenvalue weighted by Crippen LogP contribution is 2.37. The average Bonchev–Trinajstić information content (AvgIpc) is 3.02. The number of halogens is 1. The Balaban J connectivity index is 1.34. The molecular formula is C39H47ClN2O4. The van der Waals surface area contributed by atoms with Gasteiger partial charge in [0.15, 0.2) is 0 Å². The lowest BCUT2D eigenvalue weighted by molar-refractivity contribution is -0.120. The summed E-state index contributed by atoms with van der Waals surface area (Å²) >= 11 is 5.94. The van der Waals surface area contributed by atoms with Gasteiger partial charge in [0.2, 0.25) is 5.91 Å². The van der Waals surface area contributed by atoms with Crippen LogP contribution in [0.15, 0.2) is 91.0 Å². The van der Waals surface area contributed by atoms with Crippen LogP contribution in [0.1, 0.15) is 67.9 Å². The molecule has 46 heavy (non-hydrogen) atoms. The van der Waals surface area contributed by atoms with E-state index < -0.39 is 0 Å². The summed E-state index contributed by atoms with van der Waals surface area (Å²) in [7, 11) is 0. The first-order valence-corrected chi connectivity index (χ1v) is 16.6. The molecule has 244 valence electrons. The molecule has 1 atom stereocenters. The lowest BCUT2D eigenvalue weighted by Gasteiger charge is -2.32. The molecule has 0 aromatic heterocycles. The second-order valence-corrected chi connectivity index (χ2v) is 12.7. The summed E-state index contributed by atoms with van der Waals surface area (Å²) in [6.45, 7) is 10.9. The minimum Gasteiger partial charge on any atom is -0.508 e. The van der Waals surface area contributed by atoms with Crippen molar-refractivity contribution in [3.05, 3.63) is 124 Å². The Labute approximate surface area is 279 Å². The molecule has 3 N–H and O–H groups in total. The number of hydrogen-bond acceptors (Lipinski definition) is 5. The van der Waals surface area contributed by atoms with Gasteiger partial charge in [-0.3, -0.25) is 9.69 Å². The van der Waals surface area contributed by atoms with Crippen LogP contribution in [0.2, 0.25) is 5.02 Å². The molecule has 0 heterocycles. The molecule has 7 heteroatoms. The Bertz CT molecular complexity index is 1530. The van der Waals surface area contributed by atoms with Gasteiger partial charge in [-0.2, -0.15) is 0 Å². The quantitative estimate of drug-likeness (QED) is 0.116. The molecule has 1 amide bonds. The normalized spacial score (nSPS) is 12.1. The molecular weight excluding hydrogens is 596 g/mol. The van der Waals surface area contributed by atoms with Gasteiger partial charge in [-0.05, 0) is 99.7 Å². The Hall–Kier alpha value is -4.00. The van der Waals surface area contributed by atoms with Crippen molar-refractivity contribution in [2.75, 3.05) is 19.7 Å². The number of nitrogens with zero attached hydrogens (tertiary/aromatic N) is 1. The van der Waals surface area contributed by atoms with Gasteiger partial charge in [-0.25, -0.2) is 0 Å². The Morgan fingerprint density at radius 2 is 1.52 bits per heavy atom. The molecule has 0 saturated heterocycles. The standard InChI is InChI=1S/C39H47ClN2O4/c1-27(2)42(28(3)4)23-20-34(31-9-6-5-7-10-31)39-32(11-8-12-37(39)44)21-24-46-33-16-13-29(14-17-33)19-22-41-38(45)26-30-15-18-36(43)35(40)25-30/h5-18,25,27-28,34,43-44H,19-24,26H2,1-4H3,(H,41,45). The number of rotatable bonds is 16. The summed E-state index contributed by atoms with van der Waals surface area (Å²) < 4.78 is 6.15. The zero-order chi connectivity index (χ0) is 33.1. The highest BCUT2D eigenvalue weighted by Gasteiger charge is 2.23. The fraction of sp³-hybridized carbons (Fsp3) is 0.359. The second kappa shape index (κ2) is 17.1. The van der Waals surface area contributed by atoms with E-state index in [0.29, 0.717) is 43.8 Å². The fourth-order valence-corrected chi connectivity index (χ4v) is 6.26. The third kappa shape index (κ3) is 10.0. The zero-order valence-electron chi connectivity index (χ0n) is 27.4. The first-order chi connectivity index (χ1) is 22.1. The molecule has 6 nitrogen and oxygen atoms in total. The molecule has 0 bridgehead atoms. The van der Waals surface area contributed by atoms with Crippen molar-refractivity contribution in [2.24, 2.45) is 0 Å². The number of phenols is 2. The van der Waals surface area contributed by atoms with Crippen molar-refractivity contribution in [1.82, 2.24) is 10.2 Å². The van der Waals surface area contributed by atoms with Gasteiger partial charge in [0.1, 0.15) is 17.2 Å². The molecule has 4 aromatic carbocycles. The molecule has 0 aliphatic heterocycles. The Kier molecular flexibility index (Phi) is 12.9. The fourth-order valence-electron chi connectivity index (χ4n) is 6.06. The predicted molar refractivity (Wildman–Crippen MR) is 187 cm³/mol. The highest BCUT2D eigenvalue weighted by atomic mass is 35.5. The third-order valence-electron chi connectivity index (χ3n) is 8.40. The minimum atomic E-state index is -0.0975. The van der Waals surface area contributed by atoms with Crippen molar-refractivity contribution in [2.45, 2.75) is 71.4 Å². The number of amides is 1. The molecule has 0 aliphatic carbocycles. The largest absolute Gasteiger partial charge is 0.508 e. The van der Waals surface area contributed by atoms with E-state index in [-0.39, 0.29) is 29.0 Å². The van der Waals surface area contributed by atoms with E-state index in [9.17, 15) is 15.0 Å². The van der Waals surface area contributed by atoms with Crippen LogP contribution in [-0.4, -0.2) is 52.8 Å². The van der Waals surface area contributed by atoms with Gasteiger partial charge < -0.3 is 20.3 Å². The molecule has 1 unspecified atom stereocenters. The number of nitrogens with one attached hydrogen (secondary N) is 1. The van der Waals surface area contributed by atoms with Crippen LogP contribution in [0, 0.1) is 0 Å². The first kappa shape index (κ1) is 34.9. The maximum atomic E-state index is 12.3. The van der Waals surface area contributed by atoms with E-state index in [1.807, 2.05) is 36.4 Å². The van der Waals surface area contributed by atoms with Gasteiger partial charge in [0.25, 0.3) is 0 Å². The Morgan fingerprint density at radius 1 is 0.826 bits per heavy atom. The van der Waals surface area contributed by atoms with Gasteiger partial charge in [-0.1, -0.05) is 72.3 Å². The number of benzene rings is 4. The first-order valence-electron chi connectivity index (χ1n) is 16.2. The molecule has 0 spiro atoms. The molecule has 0 radical (unpaired) electrons. The monoisotopic (exact) mass is 642 g/mol. The van der Waals surface area contributed by atoms with Crippen molar-refractivity contribution < 1.29 is 19.7 Å². The SMILES string of the molecule is CC(C)N(CCC(c1ccccc1)c1c(O)cccc1CCOc1ccc(CCNC(=O)Cc2ccc(O)c(Cl)c2)cc1)C(C)C. The van der Waals surface area contributed by atoms with Gasteiger partial charge in [0.05, 0.1) is 18.1 Å². The van der Waals surface area contributed by atoms with Crippen molar-refractivity contribution in [1.29, 1.82) is 0 Å². The summed E-state index contributed by atoms with van der Waals surface area (Å²) in [4.78, 5) is 14.8. The zero-order valence-corrected chi connectivity index (χ0v) is 28.1. The van der Waals surface area contributed by atoms with E-state index in [0.717, 1.165) is 41.0 Å². The van der Waals surface area contributed by atoms with E-state index in [1.165, 1.54) is 11.6 Å². The van der Waals surface area contributed by atoms with Gasteiger partial charge >= 0.3 is 0 Å². The van der Waals surface area contributed by atoms with Crippen molar-refractivity contribution in [3.8, 4) is 17.2 Å². The third-order valence-corrected chi connectivity index (χ3v) is 8.71. The highest BCUT2D eigenvalue weighted by molar-refractivity contribution is 6.32. The smallest absolute Gasteiger partial charge is 0.224 e. The summed E-state index contributed by atoms with van der Waals surface area (Å²) in [6, 6.07) is 29.9. The molecule has 4 aromatic rings. The van der Waals surface area contributed by atoms with Crippen molar-refractivity contribution >= 4 is 17.5 Å². The number of phenolic OH excluding ortho intramolecular Hbond substituents is 2. The maximum absolute atomic E-state index is 12.3. The Morgan fingerprint density at radius 3 is 2.20 bits per heavy atom. The minimum absolute atomic E-state index is 0.00453. The number of ether oxygens (including phenoxy) is 1. The summed E-state index contributed by atoms with van der Waals surface area (Å²) in [5.41, 5.74) is 5.12. The summed E-state index contributed by atoms with van der Waals surface area (Å²) in [6.07, 6.45) is 2.47. The van der Waals surface area contributed by atoms with Crippen LogP contribution >= 0.6 is 11.6 Å². The number of hydrogen-bond donors (Lipinski definition) is 3. The van der Waals surface area contributed by atoms with Crippen molar-refractivity contribution in [3.63, 3.8) is 0 Å². The molecule has 4 rings (SSSR count). The van der Waals surface area contributed by atoms with E-state index in [4.69, 9.17) is 16.3 Å². The van der Waals surface area contributed by atoms with E-state index in [1.54, 1.807) is 18.2 Å². The molecule has 0 fully saturated rings. The van der Waals surface area contributed by atoms with Gasteiger partial charge in [-0.15, -0.1) is 0 Å².